The smallest absolute Gasteiger partial charge is 0.286 e. The lowest BCUT2D eigenvalue weighted by atomic mass is 9.90. The number of carbonyl (C=O) groups excluding carboxylic acids is 1. The van der Waals surface area contributed by atoms with Crippen LogP contribution in [0.5, 0.6) is 0 Å². The SMILES string of the molecule is N#CCCNC(=O)/C(O)=C\c1cc2c3c(c1)CCCN3CCC2. The maximum atomic E-state index is 11.8. The van der Waals surface area contributed by atoms with E-state index in [1.54, 1.807) is 0 Å². The van der Waals surface area contributed by atoms with Gasteiger partial charge in [-0.25, -0.2) is 0 Å². The van der Waals surface area contributed by atoms with Gasteiger partial charge in [-0.1, -0.05) is 0 Å². The van der Waals surface area contributed by atoms with Gasteiger partial charge in [-0.2, -0.15) is 5.26 Å². The van der Waals surface area contributed by atoms with Crippen LogP contribution >= 0.6 is 0 Å². The highest BCUT2D eigenvalue weighted by Gasteiger charge is 2.24. The zero-order chi connectivity index (χ0) is 16.2. The maximum absolute atomic E-state index is 11.8. The van der Waals surface area contributed by atoms with Gasteiger partial charge in [0.2, 0.25) is 0 Å². The van der Waals surface area contributed by atoms with Gasteiger partial charge >= 0.3 is 0 Å². The minimum absolute atomic E-state index is 0.234. The first-order valence-electron chi connectivity index (χ1n) is 8.15. The number of carbonyl (C=O) groups is 1. The minimum atomic E-state index is -0.534. The molecule has 2 aliphatic rings. The van der Waals surface area contributed by atoms with E-state index in [2.05, 4.69) is 22.3 Å². The summed E-state index contributed by atoms with van der Waals surface area (Å²) in [6, 6.07) is 6.11. The number of rotatable bonds is 4. The van der Waals surface area contributed by atoms with Gasteiger partial charge in [0, 0.05) is 25.3 Å². The summed E-state index contributed by atoms with van der Waals surface area (Å²) >= 11 is 0. The maximum Gasteiger partial charge on any atom is 0.286 e. The molecule has 2 aliphatic heterocycles. The molecule has 1 amide bonds. The van der Waals surface area contributed by atoms with Gasteiger partial charge in [0.25, 0.3) is 5.91 Å². The number of anilines is 1. The quantitative estimate of drug-likeness (QED) is 0.508. The number of aliphatic hydroxyl groups excluding tert-OH is 1. The van der Waals surface area contributed by atoms with Crippen LogP contribution in [-0.2, 0) is 17.6 Å². The van der Waals surface area contributed by atoms with Crippen molar-refractivity contribution in [2.75, 3.05) is 24.5 Å². The van der Waals surface area contributed by atoms with Crippen LogP contribution in [0.25, 0.3) is 6.08 Å². The summed E-state index contributed by atoms with van der Waals surface area (Å²) in [5.74, 6) is -0.841. The normalized spacial score (nSPS) is 16.5. The summed E-state index contributed by atoms with van der Waals surface area (Å²) in [6.45, 7) is 2.50. The molecular weight excluding hydrogens is 290 g/mol. The fourth-order valence-electron chi connectivity index (χ4n) is 3.46. The highest BCUT2D eigenvalue weighted by molar-refractivity contribution is 5.95. The van der Waals surface area contributed by atoms with E-state index in [-0.39, 0.29) is 18.7 Å². The number of hydrogen-bond acceptors (Lipinski definition) is 4. The molecule has 5 nitrogen and oxygen atoms in total. The summed E-state index contributed by atoms with van der Waals surface area (Å²) in [4.78, 5) is 14.2. The molecular formula is C18H21N3O2. The summed E-state index contributed by atoms with van der Waals surface area (Å²) in [5.41, 5.74) is 4.88. The zero-order valence-electron chi connectivity index (χ0n) is 13.1. The first-order valence-corrected chi connectivity index (χ1v) is 8.15. The molecule has 2 heterocycles. The molecule has 3 rings (SSSR count). The molecule has 1 aromatic rings. The van der Waals surface area contributed by atoms with Gasteiger partial charge < -0.3 is 15.3 Å². The Morgan fingerprint density at radius 2 is 1.96 bits per heavy atom. The zero-order valence-corrected chi connectivity index (χ0v) is 13.1. The van der Waals surface area contributed by atoms with Crippen molar-refractivity contribution in [3.63, 3.8) is 0 Å². The molecule has 23 heavy (non-hydrogen) atoms. The second-order valence-electron chi connectivity index (χ2n) is 6.08. The number of nitrogens with one attached hydrogen (secondary N) is 1. The Hall–Kier alpha value is -2.48. The van der Waals surface area contributed by atoms with Crippen LogP contribution in [0.3, 0.4) is 0 Å². The highest BCUT2D eigenvalue weighted by Crippen LogP contribution is 2.36. The molecule has 5 heteroatoms. The second kappa shape index (κ2) is 6.74. The number of nitriles is 1. The number of hydrogen-bond donors (Lipinski definition) is 2. The monoisotopic (exact) mass is 311 g/mol. The molecule has 0 atom stereocenters. The third-order valence-electron chi connectivity index (χ3n) is 4.41. The van der Waals surface area contributed by atoms with E-state index in [4.69, 9.17) is 5.26 Å². The van der Waals surface area contributed by atoms with Crippen molar-refractivity contribution < 1.29 is 9.90 Å². The molecule has 0 spiro atoms. The van der Waals surface area contributed by atoms with Gasteiger partial charge in [0.15, 0.2) is 5.76 Å². The van der Waals surface area contributed by atoms with E-state index < -0.39 is 5.91 Å². The van der Waals surface area contributed by atoms with Gasteiger partial charge in [-0.3, -0.25) is 4.79 Å². The molecule has 0 saturated heterocycles. The van der Waals surface area contributed by atoms with Crippen molar-refractivity contribution in [2.45, 2.75) is 32.1 Å². The summed E-state index contributed by atoms with van der Waals surface area (Å²) in [5, 5.41) is 21.0. The Bertz CT molecular complexity index is 657. The van der Waals surface area contributed by atoms with Crippen LogP contribution in [-0.4, -0.2) is 30.6 Å². The molecule has 0 fully saturated rings. The average molecular weight is 311 g/mol. The lowest BCUT2D eigenvalue weighted by Gasteiger charge is -2.37. The third-order valence-corrected chi connectivity index (χ3v) is 4.41. The van der Waals surface area contributed by atoms with Gasteiger partial charge in [0.05, 0.1) is 12.5 Å². The number of amides is 1. The van der Waals surface area contributed by atoms with Crippen molar-refractivity contribution in [3.8, 4) is 6.07 Å². The Morgan fingerprint density at radius 3 is 2.57 bits per heavy atom. The lowest BCUT2D eigenvalue weighted by Crippen LogP contribution is -2.34. The standard InChI is InChI=1S/C18H21N3O2/c19-6-3-7-20-18(23)16(22)12-13-10-14-4-1-8-21-9-2-5-15(11-13)17(14)21/h10-12,22H,1-5,7-9H2,(H,20,23)/b16-12+. The number of benzene rings is 1. The minimum Gasteiger partial charge on any atom is -0.503 e. The predicted molar refractivity (Wildman–Crippen MR) is 89.1 cm³/mol. The molecule has 0 bridgehead atoms. The van der Waals surface area contributed by atoms with Crippen LogP contribution in [0.1, 0.15) is 36.0 Å². The first kappa shape index (κ1) is 15.4. The summed E-state index contributed by atoms with van der Waals surface area (Å²) in [6.07, 6.45) is 6.16. The molecule has 1 aromatic carbocycles. The number of nitrogens with zero attached hydrogens (tertiary/aromatic N) is 2. The highest BCUT2D eigenvalue weighted by atomic mass is 16.3. The molecule has 0 saturated carbocycles. The second-order valence-corrected chi connectivity index (χ2v) is 6.08. The van der Waals surface area contributed by atoms with Crippen LogP contribution in [0, 0.1) is 11.3 Å². The predicted octanol–water partition coefficient (Wildman–Crippen LogP) is 2.31. The third kappa shape index (κ3) is 3.31. The lowest BCUT2D eigenvalue weighted by molar-refractivity contribution is -0.119. The molecule has 2 N–H and O–H groups in total. The topological polar surface area (TPSA) is 76.4 Å². The van der Waals surface area contributed by atoms with Crippen molar-refractivity contribution >= 4 is 17.7 Å². The number of aryl methyl sites for hydroxylation is 2. The van der Waals surface area contributed by atoms with E-state index >= 15 is 0 Å². The fourth-order valence-corrected chi connectivity index (χ4v) is 3.46. The van der Waals surface area contributed by atoms with Crippen LogP contribution in [0.15, 0.2) is 17.9 Å². The van der Waals surface area contributed by atoms with Gasteiger partial charge in [-0.05, 0) is 60.6 Å². The van der Waals surface area contributed by atoms with E-state index in [0.717, 1.165) is 44.3 Å². The van der Waals surface area contributed by atoms with Gasteiger partial charge in [0.1, 0.15) is 0 Å². The Kier molecular flexibility index (Phi) is 4.52. The average Bonchev–Trinajstić information content (AvgIpc) is 2.55. The summed E-state index contributed by atoms with van der Waals surface area (Å²) in [7, 11) is 0. The van der Waals surface area contributed by atoms with Crippen molar-refractivity contribution in [1.82, 2.24) is 5.32 Å². The molecule has 0 radical (unpaired) electrons. The van der Waals surface area contributed by atoms with Gasteiger partial charge in [-0.15, -0.1) is 0 Å². The summed E-state index contributed by atoms with van der Waals surface area (Å²) < 4.78 is 0. The van der Waals surface area contributed by atoms with Crippen molar-refractivity contribution in [2.24, 2.45) is 0 Å². The van der Waals surface area contributed by atoms with E-state index in [1.807, 2.05) is 6.07 Å². The van der Waals surface area contributed by atoms with Crippen LogP contribution < -0.4 is 10.2 Å². The Balaban J connectivity index is 1.82. The molecule has 0 aliphatic carbocycles. The van der Waals surface area contributed by atoms with Crippen LogP contribution in [0.2, 0.25) is 0 Å². The number of aliphatic hydroxyl groups is 1. The Labute approximate surface area is 136 Å². The molecule has 120 valence electrons. The van der Waals surface area contributed by atoms with Crippen molar-refractivity contribution in [1.29, 1.82) is 5.26 Å². The Morgan fingerprint density at radius 1 is 1.30 bits per heavy atom. The van der Waals surface area contributed by atoms with E-state index in [1.165, 1.54) is 22.9 Å². The van der Waals surface area contributed by atoms with Crippen LogP contribution in [0.4, 0.5) is 5.69 Å². The first-order chi connectivity index (χ1) is 11.2. The fraction of sp³-hybridized carbons (Fsp3) is 0.444. The van der Waals surface area contributed by atoms with E-state index in [0.29, 0.717) is 0 Å². The molecule has 0 unspecified atom stereocenters. The largest absolute Gasteiger partial charge is 0.503 e. The van der Waals surface area contributed by atoms with Crippen molar-refractivity contribution in [3.05, 3.63) is 34.6 Å². The molecule has 0 aromatic heterocycles. The van der Waals surface area contributed by atoms with E-state index in [9.17, 15) is 9.90 Å².